The number of aromatic nitrogens is 3. The molecule has 44 heavy (non-hydrogen) atoms. The molecule has 0 unspecified atom stereocenters. The lowest BCUT2D eigenvalue weighted by Crippen LogP contribution is -2.36. The smallest absolute Gasteiger partial charge is 0.247 e. The number of amides is 1. The molecular weight excluding hydrogens is 578 g/mol. The van der Waals surface area contributed by atoms with Gasteiger partial charge in [-0.2, -0.15) is 4.31 Å². The summed E-state index contributed by atoms with van der Waals surface area (Å²) < 4.78 is 37.2. The number of azide groups is 1. The van der Waals surface area contributed by atoms with Crippen LogP contribution in [0.15, 0.2) is 64.6 Å². The minimum absolute atomic E-state index is 0.122. The summed E-state index contributed by atoms with van der Waals surface area (Å²) in [6, 6.07) is 16.5. The summed E-state index contributed by atoms with van der Waals surface area (Å²) in [5.41, 5.74) is 13.8. The number of carbonyl (C=O) groups excluding carboxylic acids is 1. The van der Waals surface area contributed by atoms with Crippen molar-refractivity contribution in [3.8, 4) is 5.75 Å². The number of benzene rings is 3. The molecule has 0 saturated carbocycles. The summed E-state index contributed by atoms with van der Waals surface area (Å²) in [4.78, 5) is 16.2. The van der Waals surface area contributed by atoms with E-state index in [1.54, 1.807) is 38.1 Å². The Balaban J connectivity index is 1.64. The number of hydrogen-bond acceptors (Lipinski definition) is 6. The van der Waals surface area contributed by atoms with E-state index in [2.05, 4.69) is 20.3 Å². The molecule has 0 saturated heterocycles. The lowest BCUT2D eigenvalue weighted by atomic mass is 9.69. The second kappa shape index (κ2) is 12.0. The molecule has 0 fully saturated rings. The van der Waals surface area contributed by atoms with Gasteiger partial charge in [-0.15, -0.1) is 5.10 Å². The SMILES string of the molecule is CC[C@@H]1CN(Cc2cc([C@@H](c3ccc4c(nnn4CC)c3C)C(C)(C)C(=O)N=[N+]=[N-])ccc2C)S(=O)(=O)c2ccccc2O1. The van der Waals surface area contributed by atoms with Crippen molar-refractivity contribution < 1.29 is 17.9 Å². The van der Waals surface area contributed by atoms with E-state index in [0.29, 0.717) is 18.7 Å². The summed E-state index contributed by atoms with van der Waals surface area (Å²) in [6.07, 6.45) is 0.331. The van der Waals surface area contributed by atoms with Gasteiger partial charge >= 0.3 is 0 Å². The number of carbonyl (C=O) groups is 1. The highest BCUT2D eigenvalue weighted by atomic mass is 32.2. The van der Waals surface area contributed by atoms with Crippen LogP contribution in [0.4, 0.5) is 0 Å². The van der Waals surface area contributed by atoms with Crippen LogP contribution in [0.1, 0.15) is 67.9 Å². The van der Waals surface area contributed by atoms with Crippen molar-refractivity contribution in [3.63, 3.8) is 0 Å². The maximum atomic E-state index is 13.9. The van der Waals surface area contributed by atoms with Crippen molar-refractivity contribution in [1.82, 2.24) is 19.3 Å². The third-order valence-corrected chi connectivity index (χ3v) is 10.5. The van der Waals surface area contributed by atoms with E-state index in [1.807, 2.05) is 62.7 Å². The Hall–Kier alpha value is -4.25. The zero-order valence-corrected chi connectivity index (χ0v) is 26.7. The predicted octanol–water partition coefficient (Wildman–Crippen LogP) is 6.42. The third-order valence-electron chi connectivity index (χ3n) is 8.68. The van der Waals surface area contributed by atoms with Crippen LogP contribution in [-0.2, 0) is 27.9 Å². The van der Waals surface area contributed by atoms with Gasteiger partial charge in [0.2, 0.25) is 15.9 Å². The second-order valence-electron chi connectivity index (χ2n) is 11.8. The number of rotatable bonds is 8. The van der Waals surface area contributed by atoms with Crippen LogP contribution in [0.2, 0.25) is 0 Å². The van der Waals surface area contributed by atoms with Gasteiger partial charge in [0.15, 0.2) is 0 Å². The molecule has 0 radical (unpaired) electrons. The maximum Gasteiger partial charge on any atom is 0.247 e. The molecule has 2 heterocycles. The van der Waals surface area contributed by atoms with Gasteiger partial charge in [0.1, 0.15) is 22.3 Å². The number of para-hydroxylation sites is 1. The fourth-order valence-electron chi connectivity index (χ4n) is 6.04. The average molecular weight is 616 g/mol. The topological polar surface area (TPSA) is 143 Å². The first-order valence-electron chi connectivity index (χ1n) is 14.7. The highest BCUT2D eigenvalue weighted by Crippen LogP contribution is 2.45. The van der Waals surface area contributed by atoms with Gasteiger partial charge in [-0.3, -0.25) is 4.79 Å². The Kier molecular flexibility index (Phi) is 8.53. The number of fused-ring (bicyclic) bond motifs is 2. The van der Waals surface area contributed by atoms with Gasteiger partial charge in [0.05, 0.1) is 12.1 Å². The normalized spacial score (nSPS) is 17.3. The van der Waals surface area contributed by atoms with Gasteiger partial charge in [0, 0.05) is 29.3 Å². The summed E-state index contributed by atoms with van der Waals surface area (Å²) >= 11 is 0. The molecule has 0 N–H and O–H groups in total. The van der Waals surface area contributed by atoms with E-state index >= 15 is 0 Å². The van der Waals surface area contributed by atoms with Crippen molar-refractivity contribution in [2.24, 2.45) is 10.5 Å². The van der Waals surface area contributed by atoms with E-state index in [0.717, 1.165) is 38.9 Å². The minimum Gasteiger partial charge on any atom is -0.488 e. The van der Waals surface area contributed by atoms with E-state index in [1.165, 1.54) is 4.31 Å². The van der Waals surface area contributed by atoms with Crippen molar-refractivity contribution in [3.05, 3.63) is 92.9 Å². The second-order valence-corrected chi connectivity index (χ2v) is 13.7. The lowest BCUT2D eigenvalue weighted by molar-refractivity contribution is -0.126. The Morgan fingerprint density at radius 3 is 2.61 bits per heavy atom. The average Bonchev–Trinajstić information content (AvgIpc) is 3.39. The summed E-state index contributed by atoms with van der Waals surface area (Å²) in [5.74, 6) is -0.778. The van der Waals surface area contributed by atoms with Crippen molar-refractivity contribution >= 4 is 27.0 Å². The lowest BCUT2D eigenvalue weighted by Gasteiger charge is -2.34. The molecule has 0 bridgehead atoms. The Morgan fingerprint density at radius 1 is 1.16 bits per heavy atom. The minimum atomic E-state index is -3.86. The van der Waals surface area contributed by atoms with Gasteiger partial charge in [0.25, 0.3) is 0 Å². The molecule has 0 spiro atoms. The Morgan fingerprint density at radius 2 is 1.91 bits per heavy atom. The maximum absolute atomic E-state index is 13.9. The molecular formula is C32H37N7O4S. The van der Waals surface area contributed by atoms with E-state index in [-0.39, 0.29) is 24.1 Å². The molecule has 11 nitrogen and oxygen atoms in total. The largest absolute Gasteiger partial charge is 0.488 e. The fraction of sp³-hybridized carbons (Fsp3) is 0.406. The first-order chi connectivity index (χ1) is 20.9. The molecule has 4 aromatic rings. The van der Waals surface area contributed by atoms with Crippen LogP contribution in [-0.4, -0.2) is 46.3 Å². The van der Waals surface area contributed by atoms with Gasteiger partial charge in [-0.1, -0.05) is 62.4 Å². The molecule has 3 aromatic carbocycles. The summed E-state index contributed by atoms with van der Waals surface area (Å²) in [5, 5.41) is 12.2. The number of hydrogen-bond donors (Lipinski definition) is 0. The number of nitrogens with zero attached hydrogens (tertiary/aromatic N) is 7. The highest BCUT2D eigenvalue weighted by Gasteiger charge is 2.40. The highest BCUT2D eigenvalue weighted by molar-refractivity contribution is 7.89. The third kappa shape index (κ3) is 5.45. The summed E-state index contributed by atoms with van der Waals surface area (Å²) in [7, 11) is -3.86. The van der Waals surface area contributed by atoms with Crippen LogP contribution < -0.4 is 4.74 Å². The van der Waals surface area contributed by atoms with Crippen LogP contribution in [0.25, 0.3) is 21.5 Å². The van der Waals surface area contributed by atoms with Crippen molar-refractivity contribution in [1.29, 1.82) is 0 Å². The Bertz CT molecular complexity index is 1890. The van der Waals surface area contributed by atoms with Crippen molar-refractivity contribution in [2.45, 2.75) is 78.0 Å². The van der Waals surface area contributed by atoms with E-state index < -0.39 is 27.3 Å². The van der Waals surface area contributed by atoms with Crippen LogP contribution in [0, 0.1) is 19.3 Å². The molecule has 2 atom stereocenters. The Labute approximate surface area is 257 Å². The van der Waals surface area contributed by atoms with E-state index in [9.17, 15) is 13.2 Å². The molecule has 1 amide bonds. The molecule has 230 valence electrons. The summed E-state index contributed by atoms with van der Waals surface area (Å²) in [6.45, 7) is 12.4. The predicted molar refractivity (Wildman–Crippen MR) is 168 cm³/mol. The van der Waals surface area contributed by atoms with Crippen LogP contribution in [0.5, 0.6) is 5.75 Å². The molecule has 12 heteroatoms. The fourth-order valence-corrected chi connectivity index (χ4v) is 7.61. The molecule has 5 rings (SSSR count). The monoisotopic (exact) mass is 615 g/mol. The molecule has 1 aromatic heterocycles. The molecule has 0 aliphatic carbocycles. The number of sulfonamides is 1. The first-order valence-corrected chi connectivity index (χ1v) is 16.1. The number of aryl methyl sites for hydroxylation is 3. The molecule has 1 aliphatic rings. The van der Waals surface area contributed by atoms with Gasteiger partial charge in [-0.25, -0.2) is 13.1 Å². The number of ether oxygens (including phenoxy) is 1. The zero-order chi connectivity index (χ0) is 31.8. The van der Waals surface area contributed by atoms with Gasteiger partial charge < -0.3 is 4.74 Å². The van der Waals surface area contributed by atoms with Gasteiger partial charge in [-0.05, 0) is 83.9 Å². The van der Waals surface area contributed by atoms with Crippen molar-refractivity contribution in [2.75, 3.05) is 6.54 Å². The van der Waals surface area contributed by atoms with E-state index in [4.69, 9.17) is 10.3 Å². The van der Waals surface area contributed by atoms with Crippen LogP contribution in [0.3, 0.4) is 0 Å². The molecule has 1 aliphatic heterocycles. The first kappa shape index (κ1) is 31.2. The standard InChI is InChI=1S/C32H37N7O4S/c1-7-24-19-38(44(41,42)28-12-10-9-11-27(28)43-24)18-23-17-22(14-13-20(23)3)29(32(5,6)31(40)35-36-33)25-15-16-26-30(21(25)4)34-37-39(26)8-2/h9-17,24,29H,7-8,18-19H2,1-6H3/t24-,29+/m1/s1. The zero-order valence-electron chi connectivity index (χ0n) is 25.9. The van der Waals surface area contributed by atoms with Crippen LogP contribution >= 0.6 is 0 Å². The quantitative estimate of drug-likeness (QED) is 0.127.